The van der Waals surface area contributed by atoms with Gasteiger partial charge in [-0.1, -0.05) is 243 Å². The van der Waals surface area contributed by atoms with Crippen LogP contribution in [0.5, 0.6) is 0 Å². The van der Waals surface area contributed by atoms with Crippen molar-refractivity contribution in [1.29, 1.82) is 0 Å². The number of unbranched alkanes of at least 4 members (excludes halogenated alkanes) is 33. The predicted molar refractivity (Wildman–Crippen MR) is 255 cm³/mol. The Morgan fingerprint density at radius 2 is 0.797 bits per heavy atom. The summed E-state index contributed by atoms with van der Waals surface area (Å²) >= 11 is 0. The zero-order chi connectivity index (χ0) is 43.3. The van der Waals surface area contributed by atoms with Gasteiger partial charge in [-0.15, -0.1) is 0 Å². The Hall–Kier alpha value is -1.48. The number of amides is 1. The number of aliphatic hydroxyl groups excluding tert-OH is 2. The molecule has 0 heterocycles. The number of hydrogen-bond donors (Lipinski definition) is 4. The van der Waals surface area contributed by atoms with Crippen LogP contribution in [0.2, 0.25) is 0 Å². The Bertz CT molecular complexity index is 1090. The molecule has 3 unspecified atom stereocenters. The van der Waals surface area contributed by atoms with Gasteiger partial charge in [0.05, 0.1) is 17.9 Å². The van der Waals surface area contributed by atoms with Gasteiger partial charge in [-0.3, -0.25) is 9.35 Å². The van der Waals surface area contributed by atoms with Gasteiger partial charge in [0.25, 0.3) is 10.1 Å². The van der Waals surface area contributed by atoms with Crippen LogP contribution in [0.4, 0.5) is 0 Å². The molecule has 0 rings (SSSR count). The third-order valence-corrected chi connectivity index (χ3v) is 12.4. The lowest BCUT2D eigenvalue weighted by Gasteiger charge is -2.22. The maximum absolute atomic E-state index is 12.7. The molecule has 7 nitrogen and oxygen atoms in total. The molecular weight excluding hydrogens is 755 g/mol. The molecule has 8 heteroatoms. The van der Waals surface area contributed by atoms with Crippen LogP contribution in [0.1, 0.15) is 258 Å². The van der Waals surface area contributed by atoms with Gasteiger partial charge in [0.15, 0.2) is 0 Å². The highest BCUT2D eigenvalue weighted by Crippen LogP contribution is 2.16. The van der Waals surface area contributed by atoms with Crippen molar-refractivity contribution in [2.75, 3.05) is 5.75 Å². The molecule has 0 saturated heterocycles. The fourth-order valence-corrected chi connectivity index (χ4v) is 8.52. The number of aliphatic hydroxyl groups is 2. The first-order valence-electron chi connectivity index (χ1n) is 25.3. The highest BCUT2D eigenvalue weighted by molar-refractivity contribution is 7.85. The molecule has 0 fully saturated rings. The van der Waals surface area contributed by atoms with Gasteiger partial charge < -0.3 is 15.5 Å². The van der Waals surface area contributed by atoms with E-state index < -0.39 is 40.0 Å². The van der Waals surface area contributed by atoms with Crippen molar-refractivity contribution < 1.29 is 28.0 Å². The molecule has 0 aromatic heterocycles. The molecule has 0 saturated carbocycles. The van der Waals surface area contributed by atoms with Crippen molar-refractivity contribution >= 4 is 16.0 Å². The number of carbonyl (C=O) groups excluding carboxylic acids is 1. The zero-order valence-electron chi connectivity index (χ0n) is 38.7. The van der Waals surface area contributed by atoms with E-state index in [1.54, 1.807) is 0 Å². The van der Waals surface area contributed by atoms with Crippen LogP contribution in [-0.4, -0.2) is 53.1 Å². The molecule has 348 valence electrons. The number of rotatable bonds is 46. The predicted octanol–water partition coefficient (Wildman–Crippen LogP) is 14.6. The van der Waals surface area contributed by atoms with Crippen molar-refractivity contribution in [3.8, 4) is 0 Å². The molecule has 59 heavy (non-hydrogen) atoms. The SMILES string of the molecule is CCCCCCCCCCC/C=C\C/C=C\CCCCCCCCC(O)C(=O)NC(CS(=O)(=O)O)C(O)/C=C/CCCCCCCCCCCCCCCCCCCC. The Balaban J connectivity index is 3.93. The van der Waals surface area contributed by atoms with Gasteiger partial charge in [0.2, 0.25) is 5.91 Å². The van der Waals surface area contributed by atoms with Crippen molar-refractivity contribution in [3.05, 3.63) is 36.5 Å². The standard InChI is InChI=1S/C51H97NO6S/c1-3-5-7-9-11-13-15-17-19-21-23-25-26-28-30-32-34-36-38-40-42-44-46-50(54)51(55)52-48(47-59(56,57)58)49(53)45-43-41-39-37-35-33-31-29-27-24-22-20-18-16-14-12-10-8-6-4-2/h23,25,28,30,43,45,48-50,53-54H,3-22,24,26-27,29,31-42,44,46-47H2,1-2H3,(H,52,55)(H,56,57,58)/b25-23-,30-28-,45-43+. The van der Waals surface area contributed by atoms with Crippen LogP contribution in [0.15, 0.2) is 36.5 Å². The summed E-state index contributed by atoms with van der Waals surface area (Å²) in [5.74, 6) is -1.54. The molecule has 0 bridgehead atoms. The lowest BCUT2D eigenvalue weighted by atomic mass is 10.0. The van der Waals surface area contributed by atoms with E-state index in [4.69, 9.17) is 0 Å². The summed E-state index contributed by atoms with van der Waals surface area (Å²) in [5.41, 5.74) is 0. The van der Waals surface area contributed by atoms with Gasteiger partial charge in [-0.2, -0.15) is 8.42 Å². The van der Waals surface area contributed by atoms with Crippen LogP contribution in [0, 0.1) is 0 Å². The topological polar surface area (TPSA) is 124 Å². The van der Waals surface area contributed by atoms with E-state index in [1.165, 1.54) is 173 Å². The number of carbonyl (C=O) groups is 1. The molecule has 0 aliphatic heterocycles. The number of allylic oxidation sites excluding steroid dienone is 5. The second kappa shape index (κ2) is 44.6. The Morgan fingerprint density at radius 3 is 1.15 bits per heavy atom. The van der Waals surface area contributed by atoms with Gasteiger partial charge >= 0.3 is 0 Å². The molecule has 0 aliphatic rings. The largest absolute Gasteiger partial charge is 0.387 e. The third kappa shape index (κ3) is 44.4. The van der Waals surface area contributed by atoms with Crippen LogP contribution >= 0.6 is 0 Å². The minimum atomic E-state index is -4.45. The summed E-state index contributed by atoms with van der Waals surface area (Å²) in [7, 11) is -4.45. The van der Waals surface area contributed by atoms with Crippen LogP contribution in [0.25, 0.3) is 0 Å². The number of nitrogens with one attached hydrogen (secondary N) is 1. The second-order valence-electron chi connectivity index (χ2n) is 17.6. The Morgan fingerprint density at radius 1 is 0.475 bits per heavy atom. The molecule has 4 N–H and O–H groups in total. The first-order valence-corrected chi connectivity index (χ1v) is 26.9. The molecule has 0 aromatic carbocycles. The normalized spacial score (nSPS) is 13.9. The van der Waals surface area contributed by atoms with Crippen LogP contribution in [-0.2, 0) is 14.9 Å². The Kier molecular flexibility index (Phi) is 43.5. The van der Waals surface area contributed by atoms with E-state index in [1.807, 2.05) is 6.08 Å². The van der Waals surface area contributed by atoms with E-state index in [2.05, 4.69) is 43.5 Å². The maximum atomic E-state index is 12.7. The summed E-state index contributed by atoms with van der Waals surface area (Å²) < 4.78 is 32.7. The van der Waals surface area contributed by atoms with Crippen molar-refractivity contribution in [2.45, 2.75) is 276 Å². The summed E-state index contributed by atoms with van der Waals surface area (Å²) in [6, 6.07) is -1.24. The summed E-state index contributed by atoms with van der Waals surface area (Å²) in [4.78, 5) is 12.7. The third-order valence-electron chi connectivity index (χ3n) is 11.7. The molecule has 1 amide bonds. The molecular formula is C51H97NO6S. The van der Waals surface area contributed by atoms with E-state index in [9.17, 15) is 28.0 Å². The van der Waals surface area contributed by atoms with E-state index >= 15 is 0 Å². The first-order chi connectivity index (χ1) is 28.7. The van der Waals surface area contributed by atoms with Crippen molar-refractivity contribution in [2.24, 2.45) is 0 Å². The number of hydrogen-bond acceptors (Lipinski definition) is 5. The van der Waals surface area contributed by atoms with Gasteiger partial charge in [-0.05, 0) is 51.4 Å². The lowest BCUT2D eigenvalue weighted by molar-refractivity contribution is -0.130. The fraction of sp³-hybridized carbons (Fsp3) is 0.863. The molecule has 0 aliphatic carbocycles. The van der Waals surface area contributed by atoms with Crippen LogP contribution < -0.4 is 5.32 Å². The van der Waals surface area contributed by atoms with Crippen LogP contribution in [0.3, 0.4) is 0 Å². The lowest BCUT2D eigenvalue weighted by Crippen LogP contribution is -2.50. The van der Waals surface area contributed by atoms with Gasteiger partial charge in [0.1, 0.15) is 6.10 Å². The quantitative estimate of drug-likeness (QED) is 0.0275. The fourth-order valence-electron chi connectivity index (χ4n) is 7.78. The monoisotopic (exact) mass is 852 g/mol. The molecule has 3 atom stereocenters. The van der Waals surface area contributed by atoms with Gasteiger partial charge in [0, 0.05) is 0 Å². The highest BCUT2D eigenvalue weighted by atomic mass is 32.2. The van der Waals surface area contributed by atoms with Crippen molar-refractivity contribution in [3.63, 3.8) is 0 Å². The minimum Gasteiger partial charge on any atom is -0.387 e. The average Bonchev–Trinajstić information content (AvgIpc) is 3.21. The summed E-state index contributed by atoms with van der Waals surface area (Å²) in [5, 5.41) is 23.5. The second-order valence-corrected chi connectivity index (χ2v) is 19.1. The van der Waals surface area contributed by atoms with Gasteiger partial charge in [-0.25, -0.2) is 0 Å². The summed E-state index contributed by atoms with van der Waals surface area (Å²) in [6.45, 7) is 4.54. The highest BCUT2D eigenvalue weighted by Gasteiger charge is 2.27. The summed E-state index contributed by atoms with van der Waals surface area (Å²) in [6.07, 6.45) is 56.4. The average molecular weight is 852 g/mol. The maximum Gasteiger partial charge on any atom is 0.267 e. The smallest absolute Gasteiger partial charge is 0.267 e. The van der Waals surface area contributed by atoms with E-state index in [0.717, 1.165) is 64.2 Å². The molecule has 0 aromatic rings. The first kappa shape index (κ1) is 57.5. The van der Waals surface area contributed by atoms with E-state index in [0.29, 0.717) is 6.42 Å². The zero-order valence-corrected chi connectivity index (χ0v) is 39.6. The van der Waals surface area contributed by atoms with E-state index in [-0.39, 0.29) is 6.42 Å². The molecule has 0 radical (unpaired) electrons. The molecule has 0 spiro atoms. The Labute approximate surface area is 366 Å². The van der Waals surface area contributed by atoms with Crippen molar-refractivity contribution in [1.82, 2.24) is 5.32 Å². The minimum absolute atomic E-state index is 0.269.